The first-order valence-corrected chi connectivity index (χ1v) is 8.67. The molecule has 0 saturated heterocycles. The molecule has 6 heteroatoms. The fraction of sp³-hybridized carbons (Fsp3) is 0.368. The molecule has 0 aliphatic rings. The highest BCUT2D eigenvalue weighted by Gasteiger charge is 2.26. The Morgan fingerprint density at radius 2 is 1.52 bits per heavy atom. The van der Waals surface area contributed by atoms with Crippen LogP contribution in [-0.4, -0.2) is 11.7 Å². The normalized spacial score (nSPS) is 11.2. The summed E-state index contributed by atoms with van der Waals surface area (Å²) in [5.74, 6) is 0.166. The van der Waals surface area contributed by atoms with Gasteiger partial charge in [0.05, 0.1) is 6.61 Å². The first kappa shape index (κ1) is 17.1. The van der Waals surface area contributed by atoms with Gasteiger partial charge in [0.2, 0.25) is 0 Å². The fourth-order valence-electron chi connectivity index (χ4n) is 3.02. The minimum atomic E-state index is -0.221. The van der Waals surface area contributed by atoms with Gasteiger partial charge in [-0.05, 0) is 18.6 Å². The van der Waals surface area contributed by atoms with Crippen LogP contribution in [0.15, 0.2) is 36.4 Å². The molecule has 0 fully saturated rings. The Bertz CT molecular complexity index is 896. The topological polar surface area (TPSA) is 83.3 Å². The van der Waals surface area contributed by atoms with E-state index in [1.807, 2.05) is 0 Å². The molecule has 6 nitrogen and oxygen atoms in total. The maximum Gasteiger partial charge on any atom is 0.332 e. The zero-order chi connectivity index (χ0) is 17.8. The molecule has 1 N–H and O–H groups in total. The van der Waals surface area contributed by atoms with Crippen molar-refractivity contribution in [2.24, 2.45) is 0 Å². The number of rotatable bonds is 7. The zero-order valence-corrected chi connectivity index (χ0v) is 14.3. The molecular formula is C19H22N2O4. The Labute approximate surface area is 146 Å². The molecule has 3 aromatic rings. The number of benzene rings is 2. The van der Waals surface area contributed by atoms with Gasteiger partial charge in [0.1, 0.15) is 0 Å². The summed E-state index contributed by atoms with van der Waals surface area (Å²) in [6.45, 7) is 2.67. The number of nitrogens with zero attached hydrogens (tertiary/aromatic N) is 2. The van der Waals surface area contributed by atoms with Crippen molar-refractivity contribution in [1.29, 1.82) is 0 Å². The van der Waals surface area contributed by atoms with E-state index in [-0.39, 0.29) is 27.8 Å². The Morgan fingerprint density at radius 3 is 2.28 bits per heavy atom. The van der Waals surface area contributed by atoms with Crippen molar-refractivity contribution < 1.29 is 19.3 Å². The van der Waals surface area contributed by atoms with E-state index in [1.165, 1.54) is 37.5 Å². The van der Waals surface area contributed by atoms with E-state index in [1.54, 1.807) is 18.2 Å². The van der Waals surface area contributed by atoms with Crippen LogP contribution in [0.3, 0.4) is 0 Å². The lowest BCUT2D eigenvalue weighted by Crippen LogP contribution is -2.39. The van der Waals surface area contributed by atoms with Crippen LogP contribution in [0, 0.1) is 10.4 Å². The number of fused-ring (bicyclic) bond motifs is 2. The van der Waals surface area contributed by atoms with Crippen molar-refractivity contribution in [1.82, 2.24) is 0 Å². The van der Waals surface area contributed by atoms with E-state index >= 15 is 0 Å². The van der Waals surface area contributed by atoms with Crippen LogP contribution in [0.1, 0.15) is 39.0 Å². The molecule has 1 heterocycles. The average molecular weight is 342 g/mol. The summed E-state index contributed by atoms with van der Waals surface area (Å²) in [7, 11) is 0. The van der Waals surface area contributed by atoms with Crippen LogP contribution in [0.5, 0.6) is 11.5 Å². The molecule has 0 amide bonds. The van der Waals surface area contributed by atoms with E-state index in [9.17, 15) is 15.5 Å². The van der Waals surface area contributed by atoms with Crippen molar-refractivity contribution in [3.63, 3.8) is 0 Å². The smallest absolute Gasteiger partial charge is 0.332 e. The maximum atomic E-state index is 12.8. The van der Waals surface area contributed by atoms with Crippen molar-refractivity contribution in [2.45, 2.75) is 39.0 Å². The van der Waals surface area contributed by atoms with Gasteiger partial charge in [-0.3, -0.25) is 0 Å². The summed E-state index contributed by atoms with van der Waals surface area (Å²) in [6.07, 6.45) is 5.54. The summed E-state index contributed by atoms with van der Waals surface area (Å²) in [6, 6.07) is 9.36. The number of hydrogen-bond donors (Lipinski definition) is 1. The number of phenols is 1. The van der Waals surface area contributed by atoms with Crippen LogP contribution in [0.25, 0.3) is 22.1 Å². The summed E-state index contributed by atoms with van der Waals surface area (Å²) in [5, 5.41) is 35.3. The van der Waals surface area contributed by atoms with Crippen LogP contribution in [0.2, 0.25) is 0 Å². The standard InChI is InChI=1S/C19H22N2O4/c1-2-3-4-5-6-13-25-17-12-8-10-15-19(17)21(24)14-9-7-11-16(22)18(14)20(15)23/h7-12,22H,2-6,13H2,1H3. The third-order valence-electron chi connectivity index (χ3n) is 4.32. The lowest BCUT2D eigenvalue weighted by Gasteiger charge is -2.11. The maximum absolute atomic E-state index is 12.8. The third kappa shape index (κ3) is 3.24. The van der Waals surface area contributed by atoms with E-state index in [4.69, 9.17) is 4.74 Å². The molecule has 0 aliphatic carbocycles. The molecule has 0 atom stereocenters. The average Bonchev–Trinajstić information content (AvgIpc) is 2.62. The van der Waals surface area contributed by atoms with Crippen molar-refractivity contribution >= 4 is 22.1 Å². The van der Waals surface area contributed by atoms with Crippen LogP contribution in [0.4, 0.5) is 0 Å². The largest absolute Gasteiger partial charge is 0.617 e. The molecule has 1 aromatic heterocycles. The van der Waals surface area contributed by atoms with Gasteiger partial charge in [-0.1, -0.05) is 44.7 Å². The van der Waals surface area contributed by atoms with Crippen LogP contribution in [-0.2, 0) is 0 Å². The van der Waals surface area contributed by atoms with Gasteiger partial charge in [-0.25, -0.2) is 0 Å². The highest BCUT2D eigenvalue weighted by molar-refractivity contribution is 5.83. The molecule has 0 bridgehead atoms. The SMILES string of the molecule is CCCCCCCOc1cccc2c1[n+]([O-])c1cccc(O)c1[n+]2[O-]. The predicted octanol–water partition coefficient (Wildman–Crippen LogP) is 3.31. The molecule has 0 aliphatic heterocycles. The number of aromatic hydroxyl groups is 1. The Kier molecular flexibility index (Phi) is 5.07. The van der Waals surface area contributed by atoms with Crippen molar-refractivity contribution in [3.8, 4) is 11.5 Å². The second-order valence-corrected chi connectivity index (χ2v) is 6.12. The fourth-order valence-corrected chi connectivity index (χ4v) is 3.02. The summed E-state index contributed by atoms with van der Waals surface area (Å²) in [4.78, 5) is 0. The number of para-hydroxylation sites is 2. The number of phenolic OH excluding ortho intramolecular Hbond substituents is 1. The van der Waals surface area contributed by atoms with Crippen molar-refractivity contribution in [3.05, 3.63) is 46.8 Å². The molecule has 0 saturated carbocycles. The number of hydrogen-bond acceptors (Lipinski definition) is 4. The zero-order valence-electron chi connectivity index (χ0n) is 14.3. The molecule has 3 rings (SSSR count). The quantitative estimate of drug-likeness (QED) is 0.309. The Balaban J connectivity index is 1.97. The number of unbranched alkanes of at least 4 members (excludes halogenated alkanes) is 4. The van der Waals surface area contributed by atoms with Gasteiger partial charge < -0.3 is 20.3 Å². The highest BCUT2D eigenvalue weighted by atomic mass is 16.5. The summed E-state index contributed by atoms with van der Waals surface area (Å²) in [5.41, 5.74) is 0.430. The van der Waals surface area contributed by atoms with Crippen molar-refractivity contribution in [2.75, 3.05) is 6.61 Å². The molecule has 2 aromatic carbocycles. The van der Waals surface area contributed by atoms with E-state index < -0.39 is 0 Å². The summed E-state index contributed by atoms with van der Waals surface area (Å²) < 4.78 is 7.02. The van der Waals surface area contributed by atoms with Crippen LogP contribution >= 0.6 is 0 Å². The highest BCUT2D eigenvalue weighted by Crippen LogP contribution is 2.25. The summed E-state index contributed by atoms with van der Waals surface area (Å²) >= 11 is 0. The predicted molar refractivity (Wildman–Crippen MR) is 95.3 cm³/mol. The molecular weight excluding hydrogens is 320 g/mol. The van der Waals surface area contributed by atoms with Gasteiger partial charge >= 0.3 is 11.0 Å². The first-order valence-electron chi connectivity index (χ1n) is 8.67. The van der Waals surface area contributed by atoms with E-state index in [0.29, 0.717) is 21.8 Å². The first-order chi connectivity index (χ1) is 12.1. The van der Waals surface area contributed by atoms with Gasteiger partial charge in [-0.15, -0.1) is 0 Å². The Hall–Kier alpha value is -2.76. The molecule has 25 heavy (non-hydrogen) atoms. The number of ether oxygens (including phenoxy) is 1. The Morgan fingerprint density at radius 1 is 0.880 bits per heavy atom. The van der Waals surface area contributed by atoms with Gasteiger partial charge in [0.25, 0.3) is 11.0 Å². The molecule has 0 radical (unpaired) electrons. The molecule has 0 spiro atoms. The second-order valence-electron chi connectivity index (χ2n) is 6.12. The minimum Gasteiger partial charge on any atom is -0.617 e. The second kappa shape index (κ2) is 7.42. The lowest BCUT2D eigenvalue weighted by atomic mass is 10.2. The molecule has 132 valence electrons. The van der Waals surface area contributed by atoms with E-state index in [0.717, 1.165) is 12.8 Å². The minimum absolute atomic E-state index is 0.0401. The third-order valence-corrected chi connectivity index (χ3v) is 4.32. The van der Waals surface area contributed by atoms with E-state index in [2.05, 4.69) is 6.92 Å². The monoisotopic (exact) mass is 342 g/mol. The molecule has 0 unspecified atom stereocenters. The van der Waals surface area contributed by atoms with Gasteiger partial charge in [0.15, 0.2) is 11.5 Å². The number of aromatic nitrogens is 2. The van der Waals surface area contributed by atoms with Gasteiger partial charge in [-0.2, -0.15) is 9.46 Å². The van der Waals surface area contributed by atoms with Crippen LogP contribution < -0.4 is 14.2 Å². The van der Waals surface area contributed by atoms with Gasteiger partial charge in [0, 0.05) is 12.1 Å². The lowest BCUT2D eigenvalue weighted by molar-refractivity contribution is -0.591.